The van der Waals surface area contributed by atoms with Crippen molar-refractivity contribution in [1.82, 2.24) is 0 Å². The van der Waals surface area contributed by atoms with Crippen LogP contribution in [0.2, 0.25) is 0 Å². The first-order valence-corrected chi connectivity index (χ1v) is 4.41. The molecule has 1 aromatic carbocycles. The van der Waals surface area contributed by atoms with Crippen LogP contribution in [0.4, 0.5) is 5.69 Å². The van der Waals surface area contributed by atoms with Crippen molar-refractivity contribution in [2.24, 2.45) is 5.73 Å². The molecule has 3 N–H and O–H groups in total. The molecule has 1 heterocycles. The topological polar surface area (TPSA) is 55.1 Å². The van der Waals surface area contributed by atoms with Gasteiger partial charge in [0.15, 0.2) is 0 Å². The molecule has 1 aliphatic rings. The number of fused-ring (bicyclic) bond motifs is 1. The minimum Gasteiger partial charge on any atom is -0.326 e. The quantitative estimate of drug-likeness (QED) is 0.579. The standard InChI is InChI=1S/C11H10N2O/c12-5-1-2-8-3-4-10-9(6-8)7-11(14)13-10/h3-4,6H,5,7,12H2,(H,13,14). The number of nitrogens with one attached hydrogen (secondary N) is 1. The highest BCUT2D eigenvalue weighted by Gasteiger charge is 2.16. The van der Waals surface area contributed by atoms with Crippen LogP contribution in [-0.4, -0.2) is 12.5 Å². The molecule has 0 saturated heterocycles. The van der Waals surface area contributed by atoms with Crippen LogP contribution in [0.3, 0.4) is 0 Å². The minimum atomic E-state index is 0.0453. The summed E-state index contributed by atoms with van der Waals surface area (Å²) in [5.41, 5.74) is 8.09. The molecular formula is C11H10N2O. The zero-order chi connectivity index (χ0) is 9.97. The number of carbonyl (C=O) groups is 1. The van der Waals surface area contributed by atoms with Gasteiger partial charge in [0.2, 0.25) is 5.91 Å². The molecule has 14 heavy (non-hydrogen) atoms. The lowest BCUT2D eigenvalue weighted by molar-refractivity contribution is -0.115. The predicted octanol–water partition coefficient (Wildman–Crippen LogP) is 0.491. The molecule has 3 nitrogen and oxygen atoms in total. The van der Waals surface area contributed by atoms with E-state index in [4.69, 9.17) is 5.73 Å². The number of amides is 1. The lowest BCUT2D eigenvalue weighted by Crippen LogP contribution is -2.03. The van der Waals surface area contributed by atoms with Crippen molar-refractivity contribution in [1.29, 1.82) is 0 Å². The van der Waals surface area contributed by atoms with Crippen LogP contribution in [0.1, 0.15) is 11.1 Å². The van der Waals surface area contributed by atoms with Gasteiger partial charge in [-0.15, -0.1) is 0 Å². The second-order valence-electron chi connectivity index (χ2n) is 3.10. The predicted molar refractivity (Wildman–Crippen MR) is 54.7 cm³/mol. The molecule has 1 amide bonds. The Labute approximate surface area is 82.3 Å². The van der Waals surface area contributed by atoms with E-state index in [-0.39, 0.29) is 5.91 Å². The van der Waals surface area contributed by atoms with E-state index in [2.05, 4.69) is 17.2 Å². The molecule has 3 heteroatoms. The van der Waals surface area contributed by atoms with Gasteiger partial charge in [-0.25, -0.2) is 0 Å². The Kier molecular flexibility index (Phi) is 2.21. The van der Waals surface area contributed by atoms with E-state index in [0.717, 1.165) is 16.8 Å². The third-order valence-electron chi connectivity index (χ3n) is 2.07. The zero-order valence-corrected chi connectivity index (χ0v) is 7.63. The van der Waals surface area contributed by atoms with Crippen LogP contribution in [0.5, 0.6) is 0 Å². The fourth-order valence-electron chi connectivity index (χ4n) is 1.46. The molecule has 0 aliphatic carbocycles. The van der Waals surface area contributed by atoms with Gasteiger partial charge in [-0.1, -0.05) is 11.8 Å². The molecule has 0 spiro atoms. The van der Waals surface area contributed by atoms with Gasteiger partial charge in [-0.05, 0) is 23.8 Å². The van der Waals surface area contributed by atoms with E-state index in [1.54, 1.807) is 0 Å². The van der Waals surface area contributed by atoms with Crippen LogP contribution in [-0.2, 0) is 11.2 Å². The normalized spacial score (nSPS) is 12.8. The molecule has 70 valence electrons. The van der Waals surface area contributed by atoms with Gasteiger partial charge >= 0.3 is 0 Å². The van der Waals surface area contributed by atoms with E-state index >= 15 is 0 Å². The summed E-state index contributed by atoms with van der Waals surface area (Å²) in [7, 11) is 0. The molecule has 1 aliphatic heterocycles. The molecule has 0 atom stereocenters. The lowest BCUT2D eigenvalue weighted by atomic mass is 10.1. The van der Waals surface area contributed by atoms with Crippen LogP contribution in [0.25, 0.3) is 0 Å². The van der Waals surface area contributed by atoms with E-state index in [9.17, 15) is 4.79 Å². The van der Waals surface area contributed by atoms with Gasteiger partial charge in [0.25, 0.3) is 0 Å². The highest BCUT2D eigenvalue weighted by Crippen LogP contribution is 2.23. The van der Waals surface area contributed by atoms with Gasteiger partial charge in [-0.3, -0.25) is 4.79 Å². The Balaban J connectivity index is 2.33. The summed E-state index contributed by atoms with van der Waals surface area (Å²) in [6.07, 6.45) is 0.452. The summed E-state index contributed by atoms with van der Waals surface area (Å²) in [4.78, 5) is 11.1. The lowest BCUT2D eigenvalue weighted by Gasteiger charge is -1.97. The Hall–Kier alpha value is -1.79. The summed E-state index contributed by atoms with van der Waals surface area (Å²) < 4.78 is 0. The average molecular weight is 186 g/mol. The van der Waals surface area contributed by atoms with Gasteiger partial charge in [-0.2, -0.15) is 0 Å². The number of rotatable bonds is 0. The van der Waals surface area contributed by atoms with Crippen LogP contribution >= 0.6 is 0 Å². The summed E-state index contributed by atoms with van der Waals surface area (Å²) >= 11 is 0. The monoisotopic (exact) mass is 186 g/mol. The molecule has 0 bridgehead atoms. The Morgan fingerprint density at radius 3 is 3.14 bits per heavy atom. The largest absolute Gasteiger partial charge is 0.326 e. The Morgan fingerprint density at radius 2 is 2.36 bits per heavy atom. The number of benzene rings is 1. The molecular weight excluding hydrogens is 176 g/mol. The average Bonchev–Trinajstić information content (AvgIpc) is 2.54. The third-order valence-corrected chi connectivity index (χ3v) is 2.07. The molecule has 2 rings (SSSR count). The fourth-order valence-corrected chi connectivity index (χ4v) is 1.46. The number of nitrogens with two attached hydrogens (primary N) is 1. The molecule has 0 unspecified atom stereocenters. The smallest absolute Gasteiger partial charge is 0.228 e. The first-order chi connectivity index (χ1) is 6.79. The van der Waals surface area contributed by atoms with E-state index in [1.165, 1.54) is 0 Å². The van der Waals surface area contributed by atoms with Crippen molar-refractivity contribution in [3.63, 3.8) is 0 Å². The zero-order valence-electron chi connectivity index (χ0n) is 7.63. The SMILES string of the molecule is NCC#Cc1ccc2c(c1)CC(=O)N2. The van der Waals surface area contributed by atoms with Gasteiger partial charge in [0, 0.05) is 11.3 Å². The van der Waals surface area contributed by atoms with Gasteiger partial charge in [0.05, 0.1) is 13.0 Å². The van der Waals surface area contributed by atoms with Crippen LogP contribution < -0.4 is 11.1 Å². The molecule has 0 saturated carbocycles. The highest BCUT2D eigenvalue weighted by molar-refractivity contribution is 5.99. The summed E-state index contributed by atoms with van der Waals surface area (Å²) in [6, 6.07) is 5.68. The second kappa shape index (κ2) is 3.52. The summed E-state index contributed by atoms with van der Waals surface area (Å²) in [6.45, 7) is 0.355. The second-order valence-corrected chi connectivity index (χ2v) is 3.10. The molecule has 0 aromatic heterocycles. The fraction of sp³-hybridized carbons (Fsp3) is 0.182. The number of carbonyl (C=O) groups excluding carboxylic acids is 1. The maximum atomic E-state index is 11.1. The van der Waals surface area contributed by atoms with Crippen molar-refractivity contribution in [3.8, 4) is 11.8 Å². The third kappa shape index (κ3) is 1.61. The van der Waals surface area contributed by atoms with E-state index in [0.29, 0.717) is 13.0 Å². The summed E-state index contributed by atoms with van der Waals surface area (Å²) in [5, 5.41) is 2.77. The van der Waals surface area contributed by atoms with E-state index < -0.39 is 0 Å². The number of hydrogen-bond donors (Lipinski definition) is 2. The van der Waals surface area contributed by atoms with Crippen molar-refractivity contribution in [2.75, 3.05) is 11.9 Å². The highest BCUT2D eigenvalue weighted by atomic mass is 16.1. The minimum absolute atomic E-state index is 0.0453. The van der Waals surface area contributed by atoms with Crippen molar-refractivity contribution in [2.45, 2.75) is 6.42 Å². The van der Waals surface area contributed by atoms with Gasteiger partial charge in [0.1, 0.15) is 0 Å². The Morgan fingerprint density at radius 1 is 1.50 bits per heavy atom. The first kappa shape index (κ1) is 8.79. The van der Waals surface area contributed by atoms with Crippen molar-refractivity contribution in [3.05, 3.63) is 29.3 Å². The Bertz CT molecular complexity index is 440. The van der Waals surface area contributed by atoms with Crippen LogP contribution in [0, 0.1) is 11.8 Å². The first-order valence-electron chi connectivity index (χ1n) is 4.41. The number of hydrogen-bond acceptors (Lipinski definition) is 2. The maximum Gasteiger partial charge on any atom is 0.228 e. The van der Waals surface area contributed by atoms with E-state index in [1.807, 2.05) is 18.2 Å². The molecule has 0 radical (unpaired) electrons. The van der Waals surface area contributed by atoms with Crippen molar-refractivity contribution < 1.29 is 4.79 Å². The maximum absolute atomic E-state index is 11.1. The van der Waals surface area contributed by atoms with Gasteiger partial charge < -0.3 is 11.1 Å². The van der Waals surface area contributed by atoms with Crippen molar-refractivity contribution >= 4 is 11.6 Å². The molecule has 1 aromatic rings. The summed E-state index contributed by atoms with van der Waals surface area (Å²) in [5.74, 6) is 5.76. The van der Waals surface area contributed by atoms with Crippen LogP contribution in [0.15, 0.2) is 18.2 Å². The molecule has 0 fully saturated rings. The number of anilines is 1.